The van der Waals surface area contributed by atoms with Gasteiger partial charge in [0.05, 0.1) is 21.4 Å². The van der Waals surface area contributed by atoms with E-state index in [9.17, 15) is 0 Å². The SMILES string of the molecule is Cc1nc(Cl)nc(Nc2ccc(Cl)c(Cl)c2)c1N. The Labute approximate surface area is 119 Å². The summed E-state index contributed by atoms with van der Waals surface area (Å²) in [5.74, 6) is 0.436. The maximum Gasteiger partial charge on any atom is 0.224 e. The molecule has 18 heavy (non-hydrogen) atoms. The van der Waals surface area contributed by atoms with Crippen molar-refractivity contribution in [2.24, 2.45) is 0 Å². The molecular weight excluding hydrogens is 295 g/mol. The lowest BCUT2D eigenvalue weighted by atomic mass is 10.3. The van der Waals surface area contributed by atoms with E-state index >= 15 is 0 Å². The van der Waals surface area contributed by atoms with Gasteiger partial charge in [-0.15, -0.1) is 0 Å². The number of hydrogen-bond donors (Lipinski definition) is 2. The number of anilines is 3. The molecule has 1 aromatic carbocycles. The smallest absolute Gasteiger partial charge is 0.224 e. The number of benzene rings is 1. The van der Waals surface area contributed by atoms with Crippen LogP contribution in [0.3, 0.4) is 0 Å². The van der Waals surface area contributed by atoms with Crippen LogP contribution in [0.5, 0.6) is 0 Å². The summed E-state index contributed by atoms with van der Waals surface area (Å²) < 4.78 is 0. The molecule has 94 valence electrons. The van der Waals surface area contributed by atoms with Gasteiger partial charge < -0.3 is 11.1 Å². The molecule has 0 amide bonds. The Bertz CT molecular complexity index is 601. The molecule has 1 heterocycles. The van der Waals surface area contributed by atoms with Crippen molar-refractivity contribution in [2.75, 3.05) is 11.1 Å². The van der Waals surface area contributed by atoms with Gasteiger partial charge in [-0.05, 0) is 36.7 Å². The predicted octanol–water partition coefficient (Wildman–Crippen LogP) is 4.07. The Kier molecular flexibility index (Phi) is 3.80. The third-order valence-corrected chi connectivity index (χ3v) is 3.20. The molecule has 0 saturated heterocycles. The molecule has 2 aromatic rings. The van der Waals surface area contributed by atoms with Crippen molar-refractivity contribution >= 4 is 52.0 Å². The van der Waals surface area contributed by atoms with Crippen molar-refractivity contribution in [3.63, 3.8) is 0 Å². The minimum Gasteiger partial charge on any atom is -0.394 e. The minimum atomic E-state index is 0.129. The molecule has 4 nitrogen and oxygen atoms in total. The van der Waals surface area contributed by atoms with E-state index in [2.05, 4.69) is 15.3 Å². The van der Waals surface area contributed by atoms with Gasteiger partial charge in [0, 0.05) is 5.69 Å². The van der Waals surface area contributed by atoms with Crippen LogP contribution in [0.25, 0.3) is 0 Å². The van der Waals surface area contributed by atoms with E-state index in [-0.39, 0.29) is 5.28 Å². The van der Waals surface area contributed by atoms with Crippen LogP contribution in [-0.2, 0) is 0 Å². The summed E-state index contributed by atoms with van der Waals surface area (Å²) in [6.07, 6.45) is 0. The average Bonchev–Trinajstić information content (AvgIpc) is 2.30. The van der Waals surface area contributed by atoms with E-state index in [1.165, 1.54) is 0 Å². The number of nitrogen functional groups attached to an aromatic ring is 1. The highest BCUT2D eigenvalue weighted by Gasteiger charge is 2.08. The highest BCUT2D eigenvalue weighted by Crippen LogP contribution is 2.29. The van der Waals surface area contributed by atoms with Crippen molar-refractivity contribution in [3.05, 3.63) is 39.2 Å². The van der Waals surface area contributed by atoms with Gasteiger partial charge in [-0.2, -0.15) is 4.98 Å². The van der Waals surface area contributed by atoms with Crippen LogP contribution < -0.4 is 11.1 Å². The molecule has 0 spiro atoms. The fourth-order valence-electron chi connectivity index (χ4n) is 1.35. The summed E-state index contributed by atoms with van der Waals surface area (Å²) in [6, 6.07) is 5.12. The van der Waals surface area contributed by atoms with Crippen LogP contribution in [0.1, 0.15) is 5.69 Å². The number of nitrogens with two attached hydrogens (primary N) is 1. The fraction of sp³-hybridized carbons (Fsp3) is 0.0909. The van der Waals surface area contributed by atoms with Gasteiger partial charge in [0.15, 0.2) is 5.82 Å². The molecule has 0 radical (unpaired) electrons. The van der Waals surface area contributed by atoms with Crippen LogP contribution in [0, 0.1) is 6.92 Å². The molecule has 0 aliphatic heterocycles. The number of hydrogen-bond acceptors (Lipinski definition) is 4. The first-order chi connectivity index (χ1) is 8.47. The molecule has 0 saturated carbocycles. The van der Waals surface area contributed by atoms with Crippen LogP contribution in [-0.4, -0.2) is 9.97 Å². The second-order valence-corrected chi connectivity index (χ2v) is 4.75. The molecule has 0 unspecified atom stereocenters. The normalized spacial score (nSPS) is 10.4. The molecule has 3 N–H and O–H groups in total. The van der Waals surface area contributed by atoms with Gasteiger partial charge in [-0.3, -0.25) is 0 Å². The van der Waals surface area contributed by atoms with Gasteiger partial charge in [0.25, 0.3) is 0 Å². The summed E-state index contributed by atoms with van der Waals surface area (Å²) in [4.78, 5) is 7.97. The van der Waals surface area contributed by atoms with Crippen LogP contribution in [0.2, 0.25) is 15.3 Å². The lowest BCUT2D eigenvalue weighted by Gasteiger charge is -2.10. The number of aromatic nitrogens is 2. The molecule has 2 rings (SSSR count). The standard InChI is InChI=1S/C11H9Cl3N4/c1-5-9(15)10(18-11(14)16-5)17-6-2-3-7(12)8(13)4-6/h2-4H,15H2,1H3,(H,16,17,18). The highest BCUT2D eigenvalue weighted by molar-refractivity contribution is 6.42. The summed E-state index contributed by atoms with van der Waals surface area (Å²) >= 11 is 17.5. The zero-order valence-corrected chi connectivity index (χ0v) is 11.6. The average molecular weight is 304 g/mol. The minimum absolute atomic E-state index is 0.129. The molecular formula is C11H9Cl3N4. The third kappa shape index (κ3) is 2.77. The second kappa shape index (κ2) is 5.18. The molecule has 0 bridgehead atoms. The van der Waals surface area contributed by atoms with E-state index in [1.807, 2.05) is 0 Å². The first-order valence-electron chi connectivity index (χ1n) is 4.99. The third-order valence-electron chi connectivity index (χ3n) is 2.29. The molecule has 7 heteroatoms. The quantitative estimate of drug-likeness (QED) is 0.821. The number of aryl methyl sites for hydroxylation is 1. The predicted molar refractivity (Wildman–Crippen MR) is 75.9 cm³/mol. The van der Waals surface area contributed by atoms with Crippen LogP contribution in [0.15, 0.2) is 18.2 Å². The van der Waals surface area contributed by atoms with Crippen molar-refractivity contribution in [2.45, 2.75) is 6.92 Å². The summed E-state index contributed by atoms with van der Waals surface area (Å²) in [5.41, 5.74) is 7.62. The van der Waals surface area contributed by atoms with E-state index in [0.29, 0.717) is 32.9 Å². The fourth-order valence-corrected chi connectivity index (χ4v) is 1.86. The number of halogens is 3. The van der Waals surface area contributed by atoms with Crippen molar-refractivity contribution in [3.8, 4) is 0 Å². The monoisotopic (exact) mass is 302 g/mol. The Hall–Kier alpha value is -1.23. The van der Waals surface area contributed by atoms with Crippen LogP contribution >= 0.6 is 34.8 Å². The van der Waals surface area contributed by atoms with E-state index in [4.69, 9.17) is 40.5 Å². The van der Waals surface area contributed by atoms with Gasteiger partial charge in [0.1, 0.15) is 0 Å². The number of nitrogens with zero attached hydrogens (tertiary/aromatic N) is 2. The van der Waals surface area contributed by atoms with E-state index in [0.717, 1.165) is 0 Å². The van der Waals surface area contributed by atoms with Gasteiger partial charge in [-0.25, -0.2) is 4.98 Å². The maximum absolute atomic E-state index is 5.92. The first-order valence-corrected chi connectivity index (χ1v) is 6.12. The van der Waals surface area contributed by atoms with Gasteiger partial charge in [-0.1, -0.05) is 23.2 Å². The number of rotatable bonds is 2. The van der Waals surface area contributed by atoms with Gasteiger partial charge >= 0.3 is 0 Å². The summed E-state index contributed by atoms with van der Waals surface area (Å²) in [7, 11) is 0. The second-order valence-electron chi connectivity index (χ2n) is 3.59. The zero-order chi connectivity index (χ0) is 13.3. The highest BCUT2D eigenvalue weighted by atomic mass is 35.5. The molecule has 0 aliphatic carbocycles. The van der Waals surface area contributed by atoms with E-state index < -0.39 is 0 Å². The first kappa shape index (κ1) is 13.2. The molecule has 0 aliphatic rings. The largest absolute Gasteiger partial charge is 0.394 e. The Morgan fingerprint density at radius 1 is 1.11 bits per heavy atom. The maximum atomic E-state index is 5.92. The lowest BCUT2D eigenvalue weighted by Crippen LogP contribution is -2.03. The van der Waals surface area contributed by atoms with Gasteiger partial charge in [0.2, 0.25) is 5.28 Å². The molecule has 0 fully saturated rings. The van der Waals surface area contributed by atoms with Crippen molar-refractivity contribution < 1.29 is 0 Å². The van der Waals surface area contributed by atoms with Crippen LogP contribution in [0.4, 0.5) is 17.2 Å². The topological polar surface area (TPSA) is 63.8 Å². The molecule has 1 aromatic heterocycles. The zero-order valence-electron chi connectivity index (χ0n) is 9.34. The van der Waals surface area contributed by atoms with E-state index in [1.54, 1.807) is 25.1 Å². The molecule has 0 atom stereocenters. The summed E-state index contributed by atoms with van der Waals surface area (Å²) in [5, 5.41) is 4.07. The number of nitrogens with one attached hydrogen (secondary N) is 1. The lowest BCUT2D eigenvalue weighted by molar-refractivity contribution is 1.11. The Morgan fingerprint density at radius 2 is 1.83 bits per heavy atom. The Balaban J connectivity index is 2.36. The summed E-state index contributed by atoms with van der Waals surface area (Å²) in [6.45, 7) is 1.75. The Morgan fingerprint density at radius 3 is 2.50 bits per heavy atom. The van der Waals surface area contributed by atoms with Crippen molar-refractivity contribution in [1.82, 2.24) is 9.97 Å². The van der Waals surface area contributed by atoms with Crippen molar-refractivity contribution in [1.29, 1.82) is 0 Å².